The molecule has 3 heterocycles. The van der Waals surface area contributed by atoms with Gasteiger partial charge in [-0.15, -0.1) is 22.7 Å². The van der Waals surface area contributed by atoms with Gasteiger partial charge in [-0.2, -0.15) is 0 Å². The van der Waals surface area contributed by atoms with Gasteiger partial charge in [0.2, 0.25) is 0 Å². The van der Waals surface area contributed by atoms with Crippen molar-refractivity contribution in [3.8, 4) is 0 Å². The molecule has 0 aromatic carbocycles. The third-order valence-electron chi connectivity index (χ3n) is 3.95. The standard InChI is InChI=1S/C18H18BrNO2S2/c19-15-7-11-24-17(15)14(16-6-3-10-23-16)5-2-9-20-8-1-4-13(12-20)18(21)22/h3-7,10-11H,1-2,8-9,12H2,(H,21,22). The van der Waals surface area contributed by atoms with Crippen LogP contribution in [0, 0.1) is 0 Å². The van der Waals surface area contributed by atoms with E-state index in [0.29, 0.717) is 12.1 Å². The van der Waals surface area contributed by atoms with Crippen LogP contribution >= 0.6 is 38.6 Å². The highest BCUT2D eigenvalue weighted by atomic mass is 79.9. The minimum atomic E-state index is -0.794. The van der Waals surface area contributed by atoms with Crippen LogP contribution in [-0.2, 0) is 4.79 Å². The number of aliphatic carboxylic acids is 1. The van der Waals surface area contributed by atoms with E-state index in [4.69, 9.17) is 5.11 Å². The molecule has 0 spiro atoms. The number of carboxylic acids is 1. The summed E-state index contributed by atoms with van der Waals surface area (Å²) in [7, 11) is 0. The molecule has 0 radical (unpaired) electrons. The first-order valence-electron chi connectivity index (χ1n) is 7.77. The summed E-state index contributed by atoms with van der Waals surface area (Å²) >= 11 is 7.12. The van der Waals surface area contributed by atoms with Gasteiger partial charge in [0.25, 0.3) is 0 Å². The van der Waals surface area contributed by atoms with E-state index in [9.17, 15) is 4.79 Å². The van der Waals surface area contributed by atoms with Crippen molar-refractivity contribution < 1.29 is 9.90 Å². The molecule has 1 N–H and O–H groups in total. The molecule has 0 unspecified atom stereocenters. The zero-order chi connectivity index (χ0) is 16.9. The van der Waals surface area contributed by atoms with Crippen molar-refractivity contribution in [2.75, 3.05) is 19.6 Å². The zero-order valence-corrected chi connectivity index (χ0v) is 16.3. The van der Waals surface area contributed by atoms with E-state index in [-0.39, 0.29) is 0 Å². The Morgan fingerprint density at radius 2 is 2.21 bits per heavy atom. The molecule has 0 bridgehead atoms. The second-order valence-corrected chi connectivity index (χ2v) is 8.30. The largest absolute Gasteiger partial charge is 0.478 e. The summed E-state index contributed by atoms with van der Waals surface area (Å²) in [4.78, 5) is 15.9. The van der Waals surface area contributed by atoms with Gasteiger partial charge >= 0.3 is 5.97 Å². The van der Waals surface area contributed by atoms with Crippen LogP contribution in [0.4, 0.5) is 0 Å². The fraction of sp³-hybridized carbons (Fsp3) is 0.278. The lowest BCUT2D eigenvalue weighted by Gasteiger charge is -2.25. The second kappa shape index (κ2) is 8.25. The first-order valence-corrected chi connectivity index (χ1v) is 10.3. The van der Waals surface area contributed by atoms with E-state index in [1.807, 2.05) is 6.08 Å². The van der Waals surface area contributed by atoms with E-state index >= 15 is 0 Å². The Hall–Kier alpha value is -1.21. The number of halogens is 1. The Morgan fingerprint density at radius 1 is 1.33 bits per heavy atom. The maximum absolute atomic E-state index is 11.1. The highest BCUT2D eigenvalue weighted by molar-refractivity contribution is 9.10. The maximum atomic E-state index is 11.1. The molecule has 126 valence electrons. The Balaban J connectivity index is 1.70. The molecule has 2 aromatic heterocycles. The number of carboxylic acid groups (broad SMARTS) is 1. The molecule has 3 rings (SSSR count). The van der Waals surface area contributed by atoms with E-state index in [0.717, 1.165) is 30.4 Å². The predicted molar refractivity (Wildman–Crippen MR) is 105 cm³/mol. The van der Waals surface area contributed by atoms with Crippen LogP contribution in [0.3, 0.4) is 0 Å². The number of thiophene rings is 2. The summed E-state index contributed by atoms with van der Waals surface area (Å²) in [6.45, 7) is 2.35. The van der Waals surface area contributed by atoms with Crippen molar-refractivity contribution in [2.24, 2.45) is 0 Å². The van der Waals surface area contributed by atoms with Crippen LogP contribution < -0.4 is 0 Å². The summed E-state index contributed by atoms with van der Waals surface area (Å²) in [6, 6.07) is 6.30. The van der Waals surface area contributed by atoms with Crippen LogP contribution in [-0.4, -0.2) is 35.6 Å². The molecule has 3 nitrogen and oxygen atoms in total. The Kier molecular flexibility index (Phi) is 6.05. The quantitative estimate of drug-likeness (QED) is 0.701. The molecule has 24 heavy (non-hydrogen) atoms. The highest BCUT2D eigenvalue weighted by Crippen LogP contribution is 2.36. The van der Waals surface area contributed by atoms with Gasteiger partial charge in [-0.3, -0.25) is 4.90 Å². The third kappa shape index (κ3) is 4.25. The van der Waals surface area contributed by atoms with E-state index in [2.05, 4.69) is 55.9 Å². The van der Waals surface area contributed by atoms with E-state index < -0.39 is 5.97 Å². The van der Waals surface area contributed by atoms with Crippen molar-refractivity contribution in [3.63, 3.8) is 0 Å². The third-order valence-corrected chi connectivity index (χ3v) is 6.72. The van der Waals surface area contributed by atoms with Gasteiger partial charge < -0.3 is 5.11 Å². The lowest BCUT2D eigenvalue weighted by Crippen LogP contribution is -2.32. The molecule has 0 atom stereocenters. The fourth-order valence-electron chi connectivity index (χ4n) is 2.77. The molecule has 1 aliphatic heterocycles. The van der Waals surface area contributed by atoms with Gasteiger partial charge in [-0.05, 0) is 51.7 Å². The molecular weight excluding hydrogens is 406 g/mol. The first kappa shape index (κ1) is 17.6. The number of carbonyl (C=O) groups is 1. The van der Waals surface area contributed by atoms with Gasteiger partial charge in [0.15, 0.2) is 0 Å². The van der Waals surface area contributed by atoms with Crippen LogP contribution in [0.25, 0.3) is 5.57 Å². The highest BCUT2D eigenvalue weighted by Gasteiger charge is 2.17. The lowest BCUT2D eigenvalue weighted by atomic mass is 10.1. The normalized spacial score (nSPS) is 16.2. The van der Waals surface area contributed by atoms with Gasteiger partial charge in [-0.25, -0.2) is 4.79 Å². The first-order chi connectivity index (χ1) is 11.6. The SMILES string of the molecule is O=C(O)C1=CCCN(CCC=C(c2cccs2)c2sccc2Br)C1. The number of nitrogens with zero attached hydrogens (tertiary/aromatic N) is 1. The van der Waals surface area contributed by atoms with Crippen LogP contribution in [0.15, 0.2) is 51.2 Å². The van der Waals surface area contributed by atoms with Crippen molar-refractivity contribution in [3.05, 3.63) is 60.9 Å². The van der Waals surface area contributed by atoms with Gasteiger partial charge in [-0.1, -0.05) is 18.2 Å². The van der Waals surface area contributed by atoms with Crippen molar-refractivity contribution >= 4 is 50.1 Å². The van der Waals surface area contributed by atoms with E-state index in [1.165, 1.54) is 15.3 Å². The fourth-order valence-corrected chi connectivity index (χ4v) is 5.25. The minimum absolute atomic E-state index is 0.518. The summed E-state index contributed by atoms with van der Waals surface area (Å²) in [6.07, 6.45) is 5.85. The Morgan fingerprint density at radius 3 is 2.88 bits per heavy atom. The summed E-state index contributed by atoms with van der Waals surface area (Å²) < 4.78 is 1.13. The van der Waals surface area contributed by atoms with Crippen LogP contribution in [0.5, 0.6) is 0 Å². The smallest absolute Gasteiger partial charge is 0.332 e. The number of hydrogen-bond donors (Lipinski definition) is 1. The lowest BCUT2D eigenvalue weighted by molar-refractivity contribution is -0.133. The topological polar surface area (TPSA) is 40.5 Å². The van der Waals surface area contributed by atoms with Crippen LogP contribution in [0.1, 0.15) is 22.6 Å². The second-order valence-electron chi connectivity index (χ2n) is 5.58. The summed E-state index contributed by atoms with van der Waals surface area (Å²) in [5, 5.41) is 13.3. The average Bonchev–Trinajstić information content (AvgIpc) is 3.24. The molecule has 0 amide bonds. The monoisotopic (exact) mass is 423 g/mol. The molecule has 0 aliphatic carbocycles. The molecule has 1 aliphatic rings. The number of rotatable bonds is 6. The molecule has 6 heteroatoms. The minimum Gasteiger partial charge on any atom is -0.478 e. The Labute approximate surface area is 158 Å². The summed E-state index contributed by atoms with van der Waals surface area (Å²) in [5.41, 5.74) is 1.78. The van der Waals surface area contributed by atoms with E-state index in [1.54, 1.807) is 22.7 Å². The summed E-state index contributed by atoms with van der Waals surface area (Å²) in [5.74, 6) is -0.794. The molecule has 2 aromatic rings. The average molecular weight is 424 g/mol. The maximum Gasteiger partial charge on any atom is 0.332 e. The van der Waals surface area contributed by atoms with Crippen molar-refractivity contribution in [1.82, 2.24) is 4.90 Å². The predicted octanol–water partition coefficient (Wildman–Crippen LogP) is 5.11. The van der Waals surface area contributed by atoms with Crippen molar-refractivity contribution in [1.29, 1.82) is 0 Å². The number of hydrogen-bond acceptors (Lipinski definition) is 4. The van der Waals surface area contributed by atoms with Crippen LogP contribution in [0.2, 0.25) is 0 Å². The van der Waals surface area contributed by atoms with Gasteiger partial charge in [0.1, 0.15) is 0 Å². The van der Waals surface area contributed by atoms with Gasteiger partial charge in [0, 0.05) is 45.0 Å². The molecule has 0 fully saturated rings. The Bertz CT molecular complexity index is 762. The van der Waals surface area contributed by atoms with Gasteiger partial charge in [0.05, 0.1) is 0 Å². The van der Waals surface area contributed by atoms with Crippen molar-refractivity contribution in [2.45, 2.75) is 12.8 Å². The molecular formula is C18H18BrNO2S2. The molecule has 0 saturated carbocycles. The zero-order valence-electron chi connectivity index (χ0n) is 13.1. The molecule has 0 saturated heterocycles.